The molecular formula is C16H15FIN3O. The summed E-state index contributed by atoms with van der Waals surface area (Å²) in [5, 5.41) is 11.7. The second-order valence-corrected chi connectivity index (χ2v) is 6.27. The summed E-state index contributed by atoms with van der Waals surface area (Å²) in [6, 6.07) is 8.41. The second-order valence-electron chi connectivity index (χ2n) is 5.11. The van der Waals surface area contributed by atoms with Crippen LogP contribution in [-0.4, -0.2) is 10.5 Å². The summed E-state index contributed by atoms with van der Waals surface area (Å²) < 4.78 is 16.3. The van der Waals surface area contributed by atoms with Crippen molar-refractivity contribution in [2.75, 3.05) is 0 Å². The van der Waals surface area contributed by atoms with Gasteiger partial charge in [-0.2, -0.15) is 5.26 Å². The number of benzene rings is 1. The molecule has 0 unspecified atom stereocenters. The third-order valence-corrected chi connectivity index (χ3v) is 4.26. The number of amides is 1. The van der Waals surface area contributed by atoms with E-state index in [4.69, 9.17) is 5.26 Å². The lowest BCUT2D eigenvalue weighted by Gasteiger charge is -2.13. The number of hydrogen-bond acceptors (Lipinski definition) is 2. The van der Waals surface area contributed by atoms with Crippen LogP contribution in [0, 0.1) is 20.7 Å². The number of halogens is 2. The van der Waals surface area contributed by atoms with Crippen LogP contribution in [-0.2, 0) is 6.54 Å². The summed E-state index contributed by atoms with van der Waals surface area (Å²) in [4.78, 5) is 12.3. The molecule has 0 radical (unpaired) electrons. The Hall–Kier alpha value is -1.88. The maximum Gasteiger partial charge on any atom is 0.268 e. The van der Waals surface area contributed by atoms with Crippen molar-refractivity contribution >= 4 is 28.5 Å². The normalized spacial score (nSPS) is 10.5. The molecule has 1 heterocycles. The zero-order valence-corrected chi connectivity index (χ0v) is 14.4. The van der Waals surface area contributed by atoms with Gasteiger partial charge in [-0.25, -0.2) is 4.39 Å². The van der Waals surface area contributed by atoms with Crippen molar-refractivity contribution in [3.05, 3.63) is 56.7 Å². The van der Waals surface area contributed by atoms with Gasteiger partial charge in [0.15, 0.2) is 0 Å². The first-order valence-corrected chi connectivity index (χ1v) is 7.85. The number of hydrogen-bond donors (Lipinski definition) is 1. The van der Waals surface area contributed by atoms with Crippen LogP contribution in [0.5, 0.6) is 0 Å². The van der Waals surface area contributed by atoms with Crippen molar-refractivity contribution in [3.8, 4) is 6.07 Å². The van der Waals surface area contributed by atoms with Gasteiger partial charge in [0.2, 0.25) is 0 Å². The van der Waals surface area contributed by atoms with E-state index in [1.54, 1.807) is 29.0 Å². The van der Waals surface area contributed by atoms with E-state index in [1.807, 2.05) is 42.5 Å². The maximum absolute atomic E-state index is 13.8. The van der Waals surface area contributed by atoms with Crippen molar-refractivity contribution in [1.29, 1.82) is 5.26 Å². The molecule has 0 aliphatic rings. The van der Waals surface area contributed by atoms with Crippen molar-refractivity contribution in [2.45, 2.75) is 26.4 Å². The van der Waals surface area contributed by atoms with Gasteiger partial charge < -0.3 is 9.88 Å². The first-order valence-electron chi connectivity index (χ1n) is 6.77. The van der Waals surface area contributed by atoms with E-state index in [0.29, 0.717) is 16.8 Å². The Morgan fingerprint density at radius 2 is 2.23 bits per heavy atom. The molecule has 0 atom stereocenters. The lowest BCUT2D eigenvalue weighted by Crippen LogP contribution is -2.26. The Morgan fingerprint density at radius 3 is 2.82 bits per heavy atom. The van der Waals surface area contributed by atoms with E-state index in [2.05, 4.69) is 5.32 Å². The number of nitrogens with zero attached hydrogens (tertiary/aromatic N) is 2. The summed E-state index contributed by atoms with van der Waals surface area (Å²) in [5.74, 6) is -0.668. The van der Waals surface area contributed by atoms with E-state index in [-0.39, 0.29) is 24.3 Å². The molecule has 1 aromatic heterocycles. The molecule has 0 fully saturated rings. The monoisotopic (exact) mass is 411 g/mol. The van der Waals surface area contributed by atoms with Gasteiger partial charge in [0.25, 0.3) is 5.91 Å². The van der Waals surface area contributed by atoms with Crippen LogP contribution in [0.4, 0.5) is 4.39 Å². The van der Waals surface area contributed by atoms with Crippen molar-refractivity contribution in [3.63, 3.8) is 0 Å². The molecule has 0 aliphatic carbocycles. The van der Waals surface area contributed by atoms with Crippen LogP contribution < -0.4 is 5.32 Å². The van der Waals surface area contributed by atoms with Gasteiger partial charge in [-0.1, -0.05) is 6.07 Å². The van der Waals surface area contributed by atoms with Crippen molar-refractivity contribution in [2.24, 2.45) is 0 Å². The molecule has 1 amide bonds. The van der Waals surface area contributed by atoms with E-state index >= 15 is 0 Å². The summed E-state index contributed by atoms with van der Waals surface area (Å²) in [6.45, 7) is 3.96. The molecule has 0 bridgehead atoms. The van der Waals surface area contributed by atoms with E-state index in [9.17, 15) is 9.18 Å². The molecule has 1 N–H and O–H groups in total. The van der Waals surface area contributed by atoms with Crippen LogP contribution in [0.2, 0.25) is 0 Å². The van der Waals surface area contributed by atoms with Crippen molar-refractivity contribution in [1.82, 2.24) is 9.88 Å². The lowest BCUT2D eigenvalue weighted by atomic mass is 10.2. The van der Waals surface area contributed by atoms with Gasteiger partial charge in [0, 0.05) is 27.9 Å². The molecule has 4 nitrogen and oxygen atoms in total. The Bertz CT molecular complexity index is 726. The van der Waals surface area contributed by atoms with Crippen LogP contribution in [0.25, 0.3) is 0 Å². The topological polar surface area (TPSA) is 57.8 Å². The predicted octanol–water partition coefficient (Wildman–Crippen LogP) is 3.61. The molecule has 6 heteroatoms. The van der Waals surface area contributed by atoms with Crippen LogP contribution in [0.3, 0.4) is 0 Å². The van der Waals surface area contributed by atoms with Crippen LogP contribution >= 0.6 is 22.6 Å². The molecule has 2 aromatic rings. The van der Waals surface area contributed by atoms with Gasteiger partial charge in [-0.15, -0.1) is 0 Å². The number of aromatic nitrogens is 1. The highest BCUT2D eigenvalue weighted by Gasteiger charge is 2.16. The molecule has 22 heavy (non-hydrogen) atoms. The molecule has 0 aliphatic heterocycles. The van der Waals surface area contributed by atoms with E-state index in [0.717, 1.165) is 3.57 Å². The highest BCUT2D eigenvalue weighted by Crippen LogP contribution is 2.17. The highest BCUT2D eigenvalue weighted by atomic mass is 127. The summed E-state index contributed by atoms with van der Waals surface area (Å²) >= 11 is 2.04. The van der Waals surface area contributed by atoms with Gasteiger partial charge >= 0.3 is 0 Å². The van der Waals surface area contributed by atoms with E-state index in [1.165, 1.54) is 6.07 Å². The largest absolute Gasteiger partial charge is 0.347 e. The number of carbonyl (C=O) groups excluding carboxylic acids is 1. The molecule has 0 saturated heterocycles. The summed E-state index contributed by atoms with van der Waals surface area (Å²) in [7, 11) is 0. The van der Waals surface area contributed by atoms with Crippen molar-refractivity contribution < 1.29 is 9.18 Å². The molecule has 2 rings (SSSR count). The number of rotatable bonds is 4. The smallest absolute Gasteiger partial charge is 0.268 e. The molecule has 114 valence electrons. The van der Waals surface area contributed by atoms with Gasteiger partial charge in [-0.3, -0.25) is 4.79 Å². The number of nitrogens with one attached hydrogen (secondary N) is 1. The minimum atomic E-state index is -0.343. The average molecular weight is 411 g/mol. The first-order chi connectivity index (χ1) is 10.4. The quantitative estimate of drug-likeness (QED) is 0.782. The third-order valence-electron chi connectivity index (χ3n) is 3.25. The Morgan fingerprint density at radius 1 is 1.50 bits per heavy atom. The summed E-state index contributed by atoms with van der Waals surface area (Å²) in [6.07, 6.45) is 1.65. The van der Waals surface area contributed by atoms with Gasteiger partial charge in [0.1, 0.15) is 17.6 Å². The number of nitriles is 1. The number of carbonyl (C=O) groups is 1. The van der Waals surface area contributed by atoms with Crippen LogP contribution in [0.15, 0.2) is 30.5 Å². The SMILES string of the molecule is CC(C)n1cc(C#N)cc1C(=O)NCc1c(F)cccc1I. The fraction of sp³-hybridized carbons (Fsp3) is 0.250. The maximum atomic E-state index is 13.8. The minimum Gasteiger partial charge on any atom is -0.347 e. The molecule has 0 spiro atoms. The Kier molecular flexibility index (Phi) is 5.19. The molecular weight excluding hydrogens is 396 g/mol. The Balaban J connectivity index is 2.20. The summed E-state index contributed by atoms with van der Waals surface area (Å²) in [5.41, 5.74) is 1.29. The lowest BCUT2D eigenvalue weighted by molar-refractivity contribution is 0.0939. The van der Waals surface area contributed by atoms with Crippen LogP contribution in [0.1, 0.15) is 41.5 Å². The highest BCUT2D eigenvalue weighted by molar-refractivity contribution is 14.1. The fourth-order valence-corrected chi connectivity index (χ4v) is 2.77. The molecule has 1 aromatic carbocycles. The van der Waals surface area contributed by atoms with Gasteiger partial charge in [-0.05, 0) is 54.6 Å². The third kappa shape index (κ3) is 3.47. The van der Waals surface area contributed by atoms with Gasteiger partial charge in [0.05, 0.1) is 5.56 Å². The minimum absolute atomic E-state index is 0.0523. The Labute approximate surface area is 142 Å². The molecule has 0 saturated carbocycles. The average Bonchev–Trinajstić information content (AvgIpc) is 2.91. The predicted molar refractivity (Wildman–Crippen MR) is 89.8 cm³/mol. The first kappa shape index (κ1) is 16.5. The standard InChI is InChI=1S/C16H15FIN3O/c1-10(2)21-9-11(7-19)6-15(21)16(22)20-8-12-13(17)4-3-5-14(12)18/h3-6,9-10H,8H2,1-2H3,(H,20,22). The zero-order valence-electron chi connectivity index (χ0n) is 12.2. The second kappa shape index (κ2) is 6.92. The fourth-order valence-electron chi connectivity index (χ4n) is 2.11. The van der Waals surface area contributed by atoms with E-state index < -0.39 is 0 Å². The zero-order chi connectivity index (χ0) is 16.3.